The second-order valence-electron chi connectivity index (χ2n) is 11.0. The molecule has 2 saturated heterocycles. The second kappa shape index (κ2) is 6.91. The van der Waals surface area contributed by atoms with Crippen LogP contribution in [0.15, 0.2) is 59.9 Å². The molecule has 0 amide bonds. The van der Waals surface area contributed by atoms with E-state index in [-0.39, 0.29) is 5.54 Å². The van der Waals surface area contributed by atoms with Crippen LogP contribution in [-0.2, 0) is 12.6 Å². The van der Waals surface area contributed by atoms with Gasteiger partial charge in [-0.1, -0.05) is 18.2 Å². The normalized spacial score (nSPS) is 20.3. The first kappa shape index (κ1) is 20.4. The topological polar surface area (TPSA) is 76.2 Å². The minimum atomic E-state index is -0.288. The molecule has 0 unspecified atom stereocenters. The molecule has 1 saturated carbocycles. The van der Waals surface area contributed by atoms with E-state index in [9.17, 15) is 0 Å². The third kappa shape index (κ3) is 2.85. The summed E-state index contributed by atoms with van der Waals surface area (Å²) in [7, 11) is 1.95. The Morgan fingerprint density at radius 2 is 1.69 bits per heavy atom. The molecule has 5 heterocycles. The summed E-state index contributed by atoms with van der Waals surface area (Å²) in [4.78, 5) is 7.92. The van der Waals surface area contributed by atoms with E-state index in [1.807, 2.05) is 24.9 Å². The van der Waals surface area contributed by atoms with Gasteiger partial charge in [0.1, 0.15) is 11.4 Å². The van der Waals surface area contributed by atoms with Crippen molar-refractivity contribution >= 4 is 11.4 Å². The average Bonchev–Trinajstić information content (AvgIpc) is 3.35. The van der Waals surface area contributed by atoms with Crippen molar-refractivity contribution < 1.29 is 0 Å². The van der Waals surface area contributed by atoms with Crippen LogP contribution in [0.3, 0.4) is 0 Å². The molecule has 36 heavy (non-hydrogen) atoms. The molecule has 3 fully saturated rings. The van der Waals surface area contributed by atoms with E-state index in [0.29, 0.717) is 5.41 Å². The van der Waals surface area contributed by atoms with Crippen molar-refractivity contribution in [3.05, 3.63) is 77.6 Å². The third-order valence-electron chi connectivity index (χ3n) is 8.38. The Balaban J connectivity index is 1.25. The molecule has 8 heteroatoms. The largest absolute Gasteiger partial charge is 0.370 e. The predicted octanol–water partition coefficient (Wildman–Crippen LogP) is 3.23. The van der Waals surface area contributed by atoms with Crippen LogP contribution in [0.25, 0.3) is 16.8 Å². The minimum absolute atomic E-state index is 0.288. The lowest BCUT2D eigenvalue weighted by molar-refractivity contribution is 0.121. The van der Waals surface area contributed by atoms with Crippen LogP contribution in [0, 0.1) is 12.3 Å². The Morgan fingerprint density at radius 3 is 2.36 bits per heavy atom. The molecule has 180 valence electrons. The van der Waals surface area contributed by atoms with Crippen molar-refractivity contribution in [2.45, 2.75) is 25.3 Å². The van der Waals surface area contributed by atoms with Crippen molar-refractivity contribution in [2.75, 3.05) is 31.1 Å². The zero-order valence-corrected chi connectivity index (χ0v) is 20.6. The Hall–Kier alpha value is -3.78. The molecule has 1 N–H and O–H groups in total. The van der Waals surface area contributed by atoms with Crippen LogP contribution >= 0.6 is 0 Å². The smallest absolute Gasteiger partial charge is 0.165 e. The first-order valence-electron chi connectivity index (χ1n) is 12.8. The molecule has 8 rings (SSSR count). The molecule has 4 aliphatic rings. The van der Waals surface area contributed by atoms with Gasteiger partial charge in [-0.05, 0) is 49.6 Å². The molecule has 0 bridgehead atoms. The molecule has 8 nitrogen and oxygen atoms in total. The van der Waals surface area contributed by atoms with E-state index in [1.165, 1.54) is 5.69 Å². The summed E-state index contributed by atoms with van der Waals surface area (Å²) in [6.45, 7) is 6.63. The average molecular weight is 477 g/mol. The van der Waals surface area contributed by atoms with Crippen LogP contribution in [0.5, 0.6) is 0 Å². The molecule has 2 aromatic carbocycles. The van der Waals surface area contributed by atoms with Crippen LogP contribution < -0.4 is 10.2 Å². The van der Waals surface area contributed by atoms with Crippen molar-refractivity contribution in [2.24, 2.45) is 17.5 Å². The number of rotatable bonds is 3. The number of fused-ring (bicyclic) bond motifs is 4. The van der Waals surface area contributed by atoms with E-state index in [0.717, 1.165) is 84.3 Å². The number of aromatic nitrogens is 5. The number of nitrogens with zero attached hydrogens (tertiary/aromatic N) is 7. The van der Waals surface area contributed by atoms with Crippen molar-refractivity contribution in [3.63, 3.8) is 0 Å². The first-order valence-corrected chi connectivity index (χ1v) is 12.8. The van der Waals surface area contributed by atoms with Gasteiger partial charge in [0, 0.05) is 67.2 Å². The van der Waals surface area contributed by atoms with Crippen LogP contribution in [-0.4, -0.2) is 56.4 Å². The number of hydrogen-bond donors (Lipinski definition) is 1. The number of aryl methyl sites for hydroxylation is 2. The zero-order valence-electron chi connectivity index (χ0n) is 20.6. The fraction of sp³-hybridized carbons (Fsp3) is 0.357. The standard InChI is InChI=1S/C28H28N8/c1-18-32-33-26-28(9-10-28)31-25(19-3-6-22(7-4-19)35-16-27(17-35)14-29-15-27)23-11-20(5-8-24(23)36(18)26)21-12-30-34(2)13-21/h3-8,11-13,29H,9-10,14-17H2,1-2H3. The summed E-state index contributed by atoms with van der Waals surface area (Å²) in [6.07, 6.45) is 5.97. The van der Waals surface area contributed by atoms with Gasteiger partial charge >= 0.3 is 0 Å². The number of benzene rings is 2. The zero-order chi connectivity index (χ0) is 24.1. The van der Waals surface area contributed by atoms with Gasteiger partial charge in [0.25, 0.3) is 0 Å². The summed E-state index contributed by atoms with van der Waals surface area (Å²) in [5, 5.41) is 16.9. The summed E-state index contributed by atoms with van der Waals surface area (Å²) in [5.74, 6) is 1.86. The van der Waals surface area contributed by atoms with Gasteiger partial charge in [-0.3, -0.25) is 14.2 Å². The highest BCUT2D eigenvalue weighted by Crippen LogP contribution is 2.52. The Labute approximate surface area is 209 Å². The maximum absolute atomic E-state index is 5.43. The highest BCUT2D eigenvalue weighted by molar-refractivity contribution is 6.16. The molecule has 4 aromatic rings. The highest BCUT2D eigenvalue weighted by Gasteiger charge is 2.51. The maximum Gasteiger partial charge on any atom is 0.165 e. The molecule has 2 spiro atoms. The third-order valence-corrected chi connectivity index (χ3v) is 8.38. The van der Waals surface area contributed by atoms with E-state index in [4.69, 9.17) is 4.99 Å². The van der Waals surface area contributed by atoms with Crippen molar-refractivity contribution in [1.82, 2.24) is 29.9 Å². The number of hydrogen-bond acceptors (Lipinski definition) is 6. The van der Waals surface area contributed by atoms with E-state index in [1.54, 1.807) is 0 Å². The number of aliphatic imine (C=N–C) groups is 1. The van der Waals surface area contributed by atoms with Gasteiger partial charge in [0.15, 0.2) is 5.82 Å². The lowest BCUT2D eigenvalue weighted by Gasteiger charge is -2.57. The molecule has 2 aromatic heterocycles. The van der Waals surface area contributed by atoms with Gasteiger partial charge in [0.05, 0.1) is 17.6 Å². The summed E-state index contributed by atoms with van der Waals surface area (Å²) >= 11 is 0. The Bertz CT molecular complexity index is 1540. The molecular formula is C28H28N8. The van der Waals surface area contributed by atoms with Gasteiger partial charge in [-0.25, -0.2) is 0 Å². The Morgan fingerprint density at radius 1 is 0.917 bits per heavy atom. The van der Waals surface area contributed by atoms with Crippen molar-refractivity contribution in [3.8, 4) is 16.8 Å². The van der Waals surface area contributed by atoms with E-state index in [2.05, 4.69) is 78.7 Å². The van der Waals surface area contributed by atoms with Gasteiger partial charge in [-0.2, -0.15) is 5.10 Å². The molecule has 0 atom stereocenters. The lowest BCUT2D eigenvalue weighted by atomic mass is 9.74. The van der Waals surface area contributed by atoms with E-state index < -0.39 is 0 Å². The quantitative estimate of drug-likeness (QED) is 0.491. The monoisotopic (exact) mass is 476 g/mol. The van der Waals surface area contributed by atoms with E-state index >= 15 is 0 Å². The summed E-state index contributed by atoms with van der Waals surface area (Å²) < 4.78 is 4.06. The molecule has 3 aliphatic heterocycles. The predicted molar refractivity (Wildman–Crippen MR) is 139 cm³/mol. The summed E-state index contributed by atoms with van der Waals surface area (Å²) in [6, 6.07) is 15.6. The number of nitrogens with one attached hydrogen (secondary N) is 1. The molecule has 1 aliphatic carbocycles. The van der Waals surface area contributed by atoms with Crippen LogP contribution in [0.2, 0.25) is 0 Å². The number of anilines is 1. The van der Waals surface area contributed by atoms with Crippen molar-refractivity contribution in [1.29, 1.82) is 0 Å². The fourth-order valence-electron chi connectivity index (χ4n) is 6.10. The maximum atomic E-state index is 5.43. The molecular weight excluding hydrogens is 448 g/mol. The second-order valence-corrected chi connectivity index (χ2v) is 11.0. The van der Waals surface area contributed by atoms with Gasteiger partial charge in [-0.15, -0.1) is 10.2 Å². The lowest BCUT2D eigenvalue weighted by Crippen LogP contribution is -2.71. The molecule has 0 radical (unpaired) electrons. The van der Waals surface area contributed by atoms with Crippen LogP contribution in [0.1, 0.15) is 35.6 Å². The van der Waals surface area contributed by atoms with Gasteiger partial charge < -0.3 is 10.2 Å². The summed E-state index contributed by atoms with van der Waals surface area (Å²) in [5.41, 5.74) is 8.13. The highest BCUT2D eigenvalue weighted by atomic mass is 15.3. The Kier molecular flexibility index (Phi) is 3.92. The van der Waals surface area contributed by atoms with Gasteiger partial charge in [0.2, 0.25) is 0 Å². The first-order chi connectivity index (χ1) is 17.5. The minimum Gasteiger partial charge on any atom is -0.370 e. The SMILES string of the molecule is Cc1nnc2n1-c1ccc(-c3cnn(C)c3)cc1C(c1ccc(N3CC4(CNC4)C3)cc1)=NC21CC1. The van der Waals surface area contributed by atoms with Crippen LogP contribution in [0.4, 0.5) is 5.69 Å². The fourth-order valence-corrected chi connectivity index (χ4v) is 6.10.